The molecular formula is C16H17BrINO. The number of ether oxygens (including phenoxy) is 1. The van der Waals surface area contributed by atoms with Gasteiger partial charge in [0.05, 0.1) is 0 Å². The highest BCUT2D eigenvalue weighted by Crippen LogP contribution is 2.29. The number of hydrogen-bond acceptors (Lipinski definition) is 2. The predicted octanol–water partition coefficient (Wildman–Crippen LogP) is 5.13. The van der Waals surface area contributed by atoms with Crippen molar-refractivity contribution in [3.8, 4) is 11.5 Å². The molecule has 2 rings (SSSR count). The Morgan fingerprint density at radius 1 is 1.20 bits per heavy atom. The molecule has 0 aliphatic rings. The molecule has 2 aromatic carbocycles. The van der Waals surface area contributed by atoms with Crippen molar-refractivity contribution in [1.82, 2.24) is 0 Å². The van der Waals surface area contributed by atoms with Crippen LogP contribution >= 0.6 is 38.5 Å². The molecule has 106 valence electrons. The third-order valence-corrected chi connectivity index (χ3v) is 4.28. The van der Waals surface area contributed by atoms with Crippen LogP contribution in [0, 0.1) is 3.57 Å². The van der Waals surface area contributed by atoms with Gasteiger partial charge in [0.25, 0.3) is 0 Å². The maximum absolute atomic E-state index is 6.07. The largest absolute Gasteiger partial charge is 0.457 e. The number of halogens is 2. The first kappa shape index (κ1) is 15.8. The summed E-state index contributed by atoms with van der Waals surface area (Å²) in [6.07, 6.45) is 1.77. The standard InChI is InChI=1S/C16H17BrINO/c1-2-14(19)10-11-9-12(17)3-8-16(11)20-15-6-4-13(18)5-7-15/h3-9,14H,2,10,19H2,1H3. The van der Waals surface area contributed by atoms with E-state index in [0.29, 0.717) is 0 Å². The van der Waals surface area contributed by atoms with Crippen LogP contribution in [0.25, 0.3) is 0 Å². The SMILES string of the molecule is CCC(N)Cc1cc(Br)ccc1Oc1ccc(I)cc1. The Balaban J connectivity index is 2.23. The fraction of sp³-hybridized carbons (Fsp3) is 0.250. The second kappa shape index (κ2) is 7.43. The predicted molar refractivity (Wildman–Crippen MR) is 95.3 cm³/mol. The second-order valence-corrected chi connectivity index (χ2v) is 6.84. The molecular weight excluding hydrogens is 429 g/mol. The summed E-state index contributed by atoms with van der Waals surface area (Å²) >= 11 is 5.79. The Hall–Kier alpha value is -0.590. The Bertz CT molecular complexity index is 571. The highest BCUT2D eigenvalue weighted by atomic mass is 127. The molecule has 0 radical (unpaired) electrons. The van der Waals surface area contributed by atoms with Gasteiger partial charge in [0, 0.05) is 14.1 Å². The highest BCUT2D eigenvalue weighted by Gasteiger charge is 2.09. The molecule has 2 aromatic rings. The van der Waals surface area contributed by atoms with E-state index in [4.69, 9.17) is 10.5 Å². The Morgan fingerprint density at radius 2 is 1.90 bits per heavy atom. The molecule has 2 nitrogen and oxygen atoms in total. The highest BCUT2D eigenvalue weighted by molar-refractivity contribution is 14.1. The van der Waals surface area contributed by atoms with Crippen molar-refractivity contribution in [3.63, 3.8) is 0 Å². The average molecular weight is 446 g/mol. The van der Waals surface area contributed by atoms with E-state index in [1.54, 1.807) is 0 Å². The monoisotopic (exact) mass is 445 g/mol. The van der Waals surface area contributed by atoms with Crippen molar-refractivity contribution in [3.05, 3.63) is 56.1 Å². The van der Waals surface area contributed by atoms with Gasteiger partial charge in [0.1, 0.15) is 11.5 Å². The lowest BCUT2D eigenvalue weighted by molar-refractivity contribution is 0.472. The van der Waals surface area contributed by atoms with Crippen LogP contribution in [-0.4, -0.2) is 6.04 Å². The number of rotatable bonds is 5. The smallest absolute Gasteiger partial charge is 0.130 e. The quantitative estimate of drug-likeness (QED) is 0.647. The fourth-order valence-corrected chi connectivity index (χ4v) is 2.63. The molecule has 0 aromatic heterocycles. The van der Waals surface area contributed by atoms with Gasteiger partial charge in [-0.1, -0.05) is 22.9 Å². The van der Waals surface area contributed by atoms with Crippen molar-refractivity contribution < 1.29 is 4.74 Å². The molecule has 0 bridgehead atoms. The minimum atomic E-state index is 0.156. The molecule has 0 amide bonds. The van der Waals surface area contributed by atoms with E-state index in [9.17, 15) is 0 Å². The lowest BCUT2D eigenvalue weighted by atomic mass is 10.0. The van der Waals surface area contributed by atoms with E-state index in [1.165, 1.54) is 3.57 Å². The van der Waals surface area contributed by atoms with Gasteiger partial charge >= 0.3 is 0 Å². The fourth-order valence-electron chi connectivity index (χ4n) is 1.86. The van der Waals surface area contributed by atoms with Gasteiger partial charge in [-0.25, -0.2) is 0 Å². The number of benzene rings is 2. The van der Waals surface area contributed by atoms with Gasteiger partial charge in [0.2, 0.25) is 0 Å². The van der Waals surface area contributed by atoms with Gasteiger partial charge in [-0.3, -0.25) is 0 Å². The molecule has 0 aliphatic heterocycles. The topological polar surface area (TPSA) is 35.2 Å². The Morgan fingerprint density at radius 3 is 2.55 bits per heavy atom. The molecule has 0 aliphatic carbocycles. The lowest BCUT2D eigenvalue weighted by Crippen LogP contribution is -2.21. The van der Waals surface area contributed by atoms with Gasteiger partial charge in [-0.05, 0) is 83.5 Å². The number of nitrogens with two attached hydrogens (primary N) is 1. The zero-order valence-corrected chi connectivity index (χ0v) is 15.0. The van der Waals surface area contributed by atoms with E-state index < -0.39 is 0 Å². The average Bonchev–Trinajstić information content (AvgIpc) is 2.44. The third-order valence-electron chi connectivity index (χ3n) is 3.07. The van der Waals surface area contributed by atoms with Crippen molar-refractivity contribution in [2.75, 3.05) is 0 Å². The van der Waals surface area contributed by atoms with E-state index in [0.717, 1.165) is 34.4 Å². The normalized spacial score (nSPS) is 12.2. The minimum Gasteiger partial charge on any atom is -0.457 e. The molecule has 2 N–H and O–H groups in total. The molecule has 1 atom stereocenters. The van der Waals surface area contributed by atoms with Crippen LogP contribution in [0.1, 0.15) is 18.9 Å². The van der Waals surface area contributed by atoms with Crippen molar-refractivity contribution in [1.29, 1.82) is 0 Å². The summed E-state index contributed by atoms with van der Waals surface area (Å²) in [5.41, 5.74) is 7.20. The van der Waals surface area contributed by atoms with Crippen LogP contribution in [0.3, 0.4) is 0 Å². The summed E-state index contributed by atoms with van der Waals surface area (Å²) in [5.74, 6) is 1.72. The molecule has 20 heavy (non-hydrogen) atoms. The maximum atomic E-state index is 6.07. The first-order valence-electron chi connectivity index (χ1n) is 6.56. The molecule has 0 heterocycles. The Labute approximate surface area is 142 Å². The minimum absolute atomic E-state index is 0.156. The first-order valence-corrected chi connectivity index (χ1v) is 8.43. The Kier molecular flexibility index (Phi) is 5.86. The van der Waals surface area contributed by atoms with E-state index >= 15 is 0 Å². The molecule has 0 spiro atoms. The summed E-state index contributed by atoms with van der Waals surface area (Å²) < 4.78 is 8.23. The van der Waals surface area contributed by atoms with E-state index in [1.807, 2.05) is 36.4 Å². The number of hydrogen-bond donors (Lipinski definition) is 1. The van der Waals surface area contributed by atoms with Crippen LogP contribution in [-0.2, 0) is 6.42 Å². The third kappa shape index (κ3) is 4.46. The summed E-state index contributed by atoms with van der Waals surface area (Å²) in [4.78, 5) is 0. The van der Waals surface area contributed by atoms with E-state index in [-0.39, 0.29) is 6.04 Å². The van der Waals surface area contributed by atoms with Gasteiger partial charge in [-0.15, -0.1) is 0 Å². The second-order valence-electron chi connectivity index (χ2n) is 4.68. The van der Waals surface area contributed by atoms with Crippen LogP contribution < -0.4 is 10.5 Å². The zero-order chi connectivity index (χ0) is 14.5. The maximum Gasteiger partial charge on any atom is 0.130 e. The summed E-state index contributed by atoms with van der Waals surface area (Å²) in [6, 6.07) is 14.2. The molecule has 4 heteroatoms. The molecule has 0 saturated heterocycles. The van der Waals surface area contributed by atoms with Crippen molar-refractivity contribution in [2.24, 2.45) is 5.73 Å². The summed E-state index contributed by atoms with van der Waals surface area (Å²) in [5, 5.41) is 0. The van der Waals surface area contributed by atoms with Gasteiger partial charge in [-0.2, -0.15) is 0 Å². The van der Waals surface area contributed by atoms with Crippen LogP contribution in [0.4, 0.5) is 0 Å². The van der Waals surface area contributed by atoms with Crippen LogP contribution in [0.15, 0.2) is 46.9 Å². The lowest BCUT2D eigenvalue weighted by Gasteiger charge is -2.14. The summed E-state index contributed by atoms with van der Waals surface area (Å²) in [7, 11) is 0. The first-order chi connectivity index (χ1) is 9.58. The summed E-state index contributed by atoms with van der Waals surface area (Å²) in [6.45, 7) is 2.10. The van der Waals surface area contributed by atoms with Gasteiger partial charge in [0.15, 0.2) is 0 Å². The molecule has 1 unspecified atom stereocenters. The van der Waals surface area contributed by atoms with Crippen molar-refractivity contribution >= 4 is 38.5 Å². The zero-order valence-electron chi connectivity index (χ0n) is 11.3. The van der Waals surface area contributed by atoms with E-state index in [2.05, 4.69) is 51.5 Å². The van der Waals surface area contributed by atoms with Crippen LogP contribution in [0.5, 0.6) is 11.5 Å². The van der Waals surface area contributed by atoms with Crippen molar-refractivity contribution in [2.45, 2.75) is 25.8 Å². The van der Waals surface area contributed by atoms with Crippen LogP contribution in [0.2, 0.25) is 0 Å². The molecule has 0 fully saturated rings. The molecule has 0 saturated carbocycles. The van der Waals surface area contributed by atoms with Gasteiger partial charge < -0.3 is 10.5 Å².